The molecule has 1 fully saturated rings. The molecule has 1 saturated heterocycles. The maximum absolute atomic E-state index is 10.7. The highest BCUT2D eigenvalue weighted by Crippen LogP contribution is 2.19. The lowest BCUT2D eigenvalue weighted by Crippen LogP contribution is -2.33. The lowest BCUT2D eigenvalue weighted by Gasteiger charge is -2.27. The van der Waals surface area contributed by atoms with Crippen LogP contribution in [-0.4, -0.2) is 35.3 Å². The molecule has 1 unspecified atom stereocenters. The Hall–Kier alpha value is -1.82. The second-order valence-corrected chi connectivity index (χ2v) is 3.62. The quantitative estimate of drug-likeness (QED) is 0.690. The number of nitrogens with two attached hydrogens (primary N) is 1. The topological polar surface area (TPSA) is 97.5 Å². The standard InChI is InChI=1S/C10H13N3O3/c11-9-8(12-5-7-1-2-16-7)3-6(4-13-9)10(14)15/h3-4,7,12H,1-2,5H2,(H2,11,13)(H,14,15). The van der Waals surface area contributed by atoms with E-state index in [1.54, 1.807) is 0 Å². The number of aromatic nitrogens is 1. The van der Waals surface area contributed by atoms with Crippen LogP contribution >= 0.6 is 0 Å². The Morgan fingerprint density at radius 3 is 3.06 bits per heavy atom. The summed E-state index contributed by atoms with van der Waals surface area (Å²) in [7, 11) is 0. The summed E-state index contributed by atoms with van der Waals surface area (Å²) in [6.45, 7) is 1.41. The van der Waals surface area contributed by atoms with Crippen LogP contribution in [0.25, 0.3) is 0 Å². The summed E-state index contributed by atoms with van der Waals surface area (Å²) in [5.74, 6) is -0.722. The number of nitrogen functional groups attached to an aromatic ring is 1. The largest absolute Gasteiger partial charge is 0.478 e. The number of carbonyl (C=O) groups is 1. The predicted octanol–water partition coefficient (Wildman–Crippen LogP) is 0.563. The van der Waals surface area contributed by atoms with Crippen molar-refractivity contribution in [3.63, 3.8) is 0 Å². The van der Waals surface area contributed by atoms with Crippen molar-refractivity contribution < 1.29 is 14.6 Å². The van der Waals surface area contributed by atoms with E-state index in [0.29, 0.717) is 18.1 Å². The molecular formula is C10H13N3O3. The van der Waals surface area contributed by atoms with E-state index in [9.17, 15) is 4.79 Å². The van der Waals surface area contributed by atoms with Crippen molar-refractivity contribution in [3.05, 3.63) is 17.8 Å². The number of aromatic carboxylic acids is 1. The molecule has 0 aliphatic carbocycles. The average Bonchev–Trinajstić information content (AvgIpc) is 2.18. The third-order valence-electron chi connectivity index (χ3n) is 2.48. The minimum Gasteiger partial charge on any atom is -0.478 e. The van der Waals surface area contributed by atoms with E-state index < -0.39 is 5.97 Å². The molecule has 1 atom stereocenters. The van der Waals surface area contributed by atoms with Gasteiger partial charge in [0.25, 0.3) is 0 Å². The van der Waals surface area contributed by atoms with Crippen LogP contribution in [0.1, 0.15) is 16.8 Å². The number of nitrogens with zero attached hydrogens (tertiary/aromatic N) is 1. The van der Waals surface area contributed by atoms with Crippen LogP contribution < -0.4 is 11.1 Å². The Morgan fingerprint density at radius 2 is 2.50 bits per heavy atom. The van der Waals surface area contributed by atoms with Crippen LogP contribution in [0.3, 0.4) is 0 Å². The number of carboxylic acid groups (broad SMARTS) is 1. The minimum atomic E-state index is -1.02. The van der Waals surface area contributed by atoms with Crippen LogP contribution in [-0.2, 0) is 4.74 Å². The van der Waals surface area contributed by atoms with Gasteiger partial charge in [-0.2, -0.15) is 0 Å². The van der Waals surface area contributed by atoms with E-state index in [1.807, 2.05) is 0 Å². The van der Waals surface area contributed by atoms with Crippen molar-refractivity contribution in [1.82, 2.24) is 4.98 Å². The first-order valence-electron chi connectivity index (χ1n) is 5.01. The van der Waals surface area contributed by atoms with E-state index in [-0.39, 0.29) is 11.7 Å². The first-order valence-corrected chi connectivity index (χ1v) is 5.01. The number of hydrogen-bond acceptors (Lipinski definition) is 5. The molecule has 0 amide bonds. The summed E-state index contributed by atoms with van der Waals surface area (Å²) in [5, 5.41) is 11.8. The average molecular weight is 223 g/mol. The molecule has 1 aromatic rings. The van der Waals surface area contributed by atoms with Crippen LogP contribution in [0.5, 0.6) is 0 Å². The van der Waals surface area contributed by atoms with Gasteiger partial charge in [-0.05, 0) is 12.5 Å². The van der Waals surface area contributed by atoms with E-state index in [0.717, 1.165) is 13.0 Å². The van der Waals surface area contributed by atoms with Gasteiger partial charge >= 0.3 is 5.97 Å². The van der Waals surface area contributed by atoms with Crippen molar-refractivity contribution in [2.75, 3.05) is 24.2 Å². The lowest BCUT2D eigenvalue weighted by molar-refractivity contribution is -0.0410. The van der Waals surface area contributed by atoms with Crippen molar-refractivity contribution in [3.8, 4) is 0 Å². The molecule has 0 bridgehead atoms. The number of carboxylic acids is 1. The highest BCUT2D eigenvalue weighted by atomic mass is 16.5. The minimum absolute atomic E-state index is 0.117. The summed E-state index contributed by atoms with van der Waals surface area (Å²) in [6.07, 6.45) is 2.44. The summed E-state index contributed by atoms with van der Waals surface area (Å²) in [4.78, 5) is 14.6. The number of ether oxygens (including phenoxy) is 1. The normalized spacial score (nSPS) is 18.9. The zero-order chi connectivity index (χ0) is 11.5. The van der Waals surface area contributed by atoms with Crippen LogP contribution in [0, 0.1) is 0 Å². The van der Waals surface area contributed by atoms with Crippen molar-refractivity contribution in [1.29, 1.82) is 0 Å². The Balaban J connectivity index is 2.05. The van der Waals surface area contributed by atoms with Crippen LogP contribution in [0.2, 0.25) is 0 Å². The zero-order valence-corrected chi connectivity index (χ0v) is 8.64. The first-order chi connectivity index (χ1) is 7.66. The highest BCUT2D eigenvalue weighted by molar-refractivity contribution is 5.89. The van der Waals surface area contributed by atoms with Crippen LogP contribution in [0.4, 0.5) is 11.5 Å². The summed E-state index contributed by atoms with van der Waals surface area (Å²) in [6, 6.07) is 1.48. The van der Waals surface area contributed by atoms with Gasteiger partial charge < -0.3 is 20.9 Å². The van der Waals surface area contributed by atoms with Crippen molar-refractivity contribution in [2.24, 2.45) is 0 Å². The van der Waals surface area contributed by atoms with E-state index in [1.165, 1.54) is 12.3 Å². The predicted molar refractivity (Wildman–Crippen MR) is 58.5 cm³/mol. The number of rotatable bonds is 4. The van der Waals surface area contributed by atoms with E-state index in [2.05, 4.69) is 10.3 Å². The molecule has 4 N–H and O–H groups in total. The van der Waals surface area contributed by atoms with Gasteiger partial charge in [0, 0.05) is 19.3 Å². The van der Waals surface area contributed by atoms with Gasteiger partial charge in [0.15, 0.2) is 0 Å². The molecule has 0 spiro atoms. The molecule has 6 nitrogen and oxygen atoms in total. The molecule has 0 saturated carbocycles. The molecule has 16 heavy (non-hydrogen) atoms. The van der Waals surface area contributed by atoms with Gasteiger partial charge in [0.05, 0.1) is 17.4 Å². The summed E-state index contributed by atoms with van der Waals surface area (Å²) >= 11 is 0. The first kappa shape index (κ1) is 10.7. The Bertz CT molecular complexity index is 404. The Kier molecular flexibility index (Phi) is 2.91. The molecule has 2 heterocycles. The monoisotopic (exact) mass is 223 g/mol. The Morgan fingerprint density at radius 1 is 1.75 bits per heavy atom. The Labute approximate surface area is 92.4 Å². The second-order valence-electron chi connectivity index (χ2n) is 3.62. The summed E-state index contributed by atoms with van der Waals surface area (Å²) < 4.78 is 5.23. The number of pyridine rings is 1. The molecule has 0 aromatic carbocycles. The zero-order valence-electron chi connectivity index (χ0n) is 8.64. The number of anilines is 2. The van der Waals surface area contributed by atoms with Crippen LogP contribution in [0.15, 0.2) is 12.3 Å². The van der Waals surface area contributed by atoms with Gasteiger partial charge in [0.2, 0.25) is 0 Å². The van der Waals surface area contributed by atoms with E-state index >= 15 is 0 Å². The molecule has 86 valence electrons. The molecular weight excluding hydrogens is 210 g/mol. The molecule has 1 aliphatic rings. The fourth-order valence-corrected chi connectivity index (χ4v) is 1.40. The van der Waals surface area contributed by atoms with Gasteiger partial charge in [-0.15, -0.1) is 0 Å². The third kappa shape index (κ3) is 2.22. The summed E-state index contributed by atoms with van der Waals surface area (Å²) in [5.41, 5.74) is 6.28. The fraction of sp³-hybridized carbons (Fsp3) is 0.400. The van der Waals surface area contributed by atoms with Gasteiger partial charge in [-0.25, -0.2) is 9.78 Å². The fourth-order valence-electron chi connectivity index (χ4n) is 1.40. The molecule has 1 aromatic heterocycles. The number of nitrogens with one attached hydrogen (secondary N) is 1. The maximum Gasteiger partial charge on any atom is 0.337 e. The smallest absolute Gasteiger partial charge is 0.337 e. The molecule has 2 rings (SSSR count). The van der Waals surface area contributed by atoms with Gasteiger partial charge in [-0.3, -0.25) is 0 Å². The van der Waals surface area contributed by atoms with Crippen molar-refractivity contribution >= 4 is 17.5 Å². The molecule has 1 aliphatic heterocycles. The van der Waals surface area contributed by atoms with E-state index in [4.69, 9.17) is 15.6 Å². The maximum atomic E-state index is 10.7. The number of hydrogen-bond donors (Lipinski definition) is 3. The lowest BCUT2D eigenvalue weighted by atomic mass is 10.2. The third-order valence-corrected chi connectivity index (χ3v) is 2.48. The van der Waals surface area contributed by atoms with Crippen molar-refractivity contribution in [2.45, 2.75) is 12.5 Å². The molecule has 0 radical (unpaired) electrons. The highest BCUT2D eigenvalue weighted by Gasteiger charge is 2.18. The van der Waals surface area contributed by atoms with Gasteiger partial charge in [-0.1, -0.05) is 0 Å². The van der Waals surface area contributed by atoms with Gasteiger partial charge in [0.1, 0.15) is 5.82 Å². The SMILES string of the molecule is Nc1ncc(C(=O)O)cc1NCC1CCO1. The second kappa shape index (κ2) is 4.36. The molecule has 6 heteroatoms.